The van der Waals surface area contributed by atoms with E-state index < -0.39 is 0 Å². The second-order valence-corrected chi connectivity index (χ2v) is 5.41. The summed E-state index contributed by atoms with van der Waals surface area (Å²) in [4.78, 5) is 10.6. The molecule has 4 nitrogen and oxygen atoms in total. The monoisotopic (exact) mass is 288 g/mol. The second kappa shape index (κ2) is 5.77. The van der Waals surface area contributed by atoms with Gasteiger partial charge in [-0.1, -0.05) is 35.9 Å². The van der Waals surface area contributed by atoms with E-state index in [0.717, 1.165) is 25.3 Å². The molecule has 20 heavy (non-hydrogen) atoms. The van der Waals surface area contributed by atoms with E-state index in [-0.39, 0.29) is 0 Å². The van der Waals surface area contributed by atoms with Crippen molar-refractivity contribution in [1.82, 2.24) is 15.3 Å². The molecular weight excluding hydrogens is 272 g/mol. The lowest BCUT2D eigenvalue weighted by molar-refractivity contribution is 0.523. The first kappa shape index (κ1) is 13.3. The van der Waals surface area contributed by atoms with E-state index in [1.54, 1.807) is 12.5 Å². The molecule has 3 rings (SSSR count). The Morgan fingerprint density at radius 2 is 2.15 bits per heavy atom. The minimum Gasteiger partial charge on any atom is -0.346 e. The summed E-state index contributed by atoms with van der Waals surface area (Å²) in [6.45, 7) is 1.73. The summed E-state index contributed by atoms with van der Waals surface area (Å²) in [7, 11) is 1.97. The summed E-state index contributed by atoms with van der Waals surface area (Å²) in [6.07, 6.45) is 4.20. The lowest BCUT2D eigenvalue weighted by Crippen LogP contribution is -2.46. The van der Waals surface area contributed by atoms with Crippen LogP contribution in [-0.4, -0.2) is 29.6 Å². The van der Waals surface area contributed by atoms with Crippen molar-refractivity contribution in [2.24, 2.45) is 0 Å². The van der Waals surface area contributed by atoms with Gasteiger partial charge in [-0.15, -0.1) is 0 Å². The molecule has 1 atom stereocenters. The van der Waals surface area contributed by atoms with Crippen molar-refractivity contribution in [3.8, 4) is 0 Å². The zero-order valence-corrected chi connectivity index (χ0v) is 12.1. The largest absolute Gasteiger partial charge is 0.346 e. The molecule has 0 bridgehead atoms. The number of nitrogens with zero attached hydrogens (tertiary/aromatic N) is 3. The number of aromatic nitrogens is 2. The highest BCUT2D eigenvalue weighted by Crippen LogP contribution is 2.30. The number of fused-ring (bicyclic) bond motifs is 1. The van der Waals surface area contributed by atoms with Gasteiger partial charge in [0.2, 0.25) is 0 Å². The van der Waals surface area contributed by atoms with Crippen molar-refractivity contribution < 1.29 is 0 Å². The van der Waals surface area contributed by atoms with E-state index in [1.807, 2.05) is 7.05 Å². The van der Waals surface area contributed by atoms with Gasteiger partial charge in [-0.2, -0.15) is 0 Å². The Labute approximate surface area is 123 Å². The molecule has 1 aromatic heterocycles. The van der Waals surface area contributed by atoms with Crippen LogP contribution in [0.4, 0.5) is 5.82 Å². The molecule has 0 aliphatic carbocycles. The number of hydrogen-bond donors (Lipinski definition) is 1. The molecule has 1 aliphatic rings. The SMILES string of the molecule is CNCC1Cc2ccccc2CN1c1ncncc1Cl. The Kier molecular flexibility index (Phi) is 3.85. The lowest BCUT2D eigenvalue weighted by Gasteiger charge is -2.38. The van der Waals surface area contributed by atoms with E-state index >= 15 is 0 Å². The van der Waals surface area contributed by atoms with Crippen LogP contribution >= 0.6 is 11.6 Å². The summed E-state index contributed by atoms with van der Waals surface area (Å²) >= 11 is 6.26. The summed E-state index contributed by atoms with van der Waals surface area (Å²) in [5.74, 6) is 0.816. The molecule has 0 saturated heterocycles. The van der Waals surface area contributed by atoms with E-state index in [1.165, 1.54) is 11.1 Å². The van der Waals surface area contributed by atoms with Gasteiger partial charge in [0.15, 0.2) is 5.82 Å². The van der Waals surface area contributed by atoms with Gasteiger partial charge < -0.3 is 10.2 Å². The Morgan fingerprint density at radius 1 is 1.35 bits per heavy atom. The standard InChI is InChI=1S/C15H17ClN4/c1-17-7-13-6-11-4-2-3-5-12(11)9-20(13)15-14(16)8-18-10-19-15/h2-5,8,10,13,17H,6-7,9H2,1H3. The first-order valence-corrected chi connectivity index (χ1v) is 7.11. The van der Waals surface area contributed by atoms with Gasteiger partial charge in [-0.3, -0.25) is 0 Å². The maximum absolute atomic E-state index is 6.26. The highest BCUT2D eigenvalue weighted by molar-refractivity contribution is 6.32. The third-order valence-electron chi connectivity index (χ3n) is 3.72. The molecule has 0 amide bonds. The molecule has 1 N–H and O–H groups in total. The van der Waals surface area contributed by atoms with Gasteiger partial charge in [0.05, 0.1) is 6.20 Å². The molecule has 1 unspecified atom stereocenters. The highest BCUT2D eigenvalue weighted by atomic mass is 35.5. The number of benzene rings is 1. The first-order valence-electron chi connectivity index (χ1n) is 6.73. The predicted octanol–water partition coefficient (Wildman–Crippen LogP) is 2.28. The second-order valence-electron chi connectivity index (χ2n) is 5.01. The molecule has 1 aromatic carbocycles. The number of halogens is 1. The zero-order chi connectivity index (χ0) is 13.9. The van der Waals surface area contributed by atoms with Gasteiger partial charge in [0.1, 0.15) is 11.3 Å². The normalized spacial score (nSPS) is 17.9. The molecule has 1 aliphatic heterocycles. The van der Waals surface area contributed by atoms with E-state index in [0.29, 0.717) is 11.1 Å². The van der Waals surface area contributed by atoms with Gasteiger partial charge in [-0.05, 0) is 24.6 Å². The van der Waals surface area contributed by atoms with Gasteiger partial charge in [0, 0.05) is 19.1 Å². The van der Waals surface area contributed by atoms with Crippen molar-refractivity contribution in [2.75, 3.05) is 18.5 Å². The van der Waals surface area contributed by atoms with Crippen molar-refractivity contribution in [2.45, 2.75) is 19.0 Å². The average Bonchev–Trinajstić information content (AvgIpc) is 2.48. The molecule has 0 saturated carbocycles. The van der Waals surface area contributed by atoms with E-state index in [4.69, 9.17) is 11.6 Å². The highest BCUT2D eigenvalue weighted by Gasteiger charge is 2.27. The fourth-order valence-electron chi connectivity index (χ4n) is 2.77. The van der Waals surface area contributed by atoms with Crippen LogP contribution in [0.2, 0.25) is 5.02 Å². The summed E-state index contributed by atoms with van der Waals surface area (Å²) in [6, 6.07) is 8.91. The topological polar surface area (TPSA) is 41.0 Å². The first-order chi connectivity index (χ1) is 9.79. The Balaban J connectivity index is 1.98. The van der Waals surface area contributed by atoms with Crippen LogP contribution < -0.4 is 10.2 Å². The fourth-order valence-corrected chi connectivity index (χ4v) is 2.98. The minimum atomic E-state index is 0.349. The van der Waals surface area contributed by atoms with Crippen LogP contribution in [0.15, 0.2) is 36.8 Å². The Bertz CT molecular complexity index is 602. The molecule has 2 heterocycles. The Morgan fingerprint density at radius 3 is 2.90 bits per heavy atom. The van der Waals surface area contributed by atoms with Crippen LogP contribution in [-0.2, 0) is 13.0 Å². The quantitative estimate of drug-likeness (QED) is 0.941. The number of likely N-dealkylation sites (N-methyl/N-ethyl adjacent to an activating group) is 1. The maximum Gasteiger partial charge on any atom is 0.151 e. The number of rotatable bonds is 3. The van der Waals surface area contributed by atoms with Gasteiger partial charge in [-0.25, -0.2) is 9.97 Å². The maximum atomic E-state index is 6.26. The van der Waals surface area contributed by atoms with Crippen LogP contribution in [0.1, 0.15) is 11.1 Å². The predicted molar refractivity (Wildman–Crippen MR) is 81.1 cm³/mol. The van der Waals surface area contributed by atoms with Gasteiger partial charge >= 0.3 is 0 Å². The molecule has 2 aromatic rings. The average molecular weight is 289 g/mol. The van der Waals surface area contributed by atoms with E-state index in [9.17, 15) is 0 Å². The third kappa shape index (κ3) is 2.49. The molecule has 0 spiro atoms. The summed E-state index contributed by atoms with van der Waals surface area (Å²) < 4.78 is 0. The molecular formula is C15H17ClN4. The van der Waals surface area contributed by atoms with Crippen molar-refractivity contribution in [3.05, 3.63) is 52.9 Å². The fraction of sp³-hybridized carbons (Fsp3) is 0.333. The zero-order valence-electron chi connectivity index (χ0n) is 11.4. The van der Waals surface area contributed by atoms with Crippen molar-refractivity contribution in [3.63, 3.8) is 0 Å². The van der Waals surface area contributed by atoms with Crippen LogP contribution in [0.5, 0.6) is 0 Å². The molecule has 104 valence electrons. The van der Waals surface area contributed by atoms with Gasteiger partial charge in [0.25, 0.3) is 0 Å². The minimum absolute atomic E-state index is 0.349. The van der Waals surface area contributed by atoms with Crippen LogP contribution in [0, 0.1) is 0 Å². The molecule has 0 fully saturated rings. The number of anilines is 1. The summed E-state index contributed by atoms with van der Waals surface area (Å²) in [5.41, 5.74) is 2.75. The molecule has 5 heteroatoms. The number of nitrogens with one attached hydrogen (secondary N) is 1. The Hall–Kier alpha value is -1.65. The van der Waals surface area contributed by atoms with Crippen molar-refractivity contribution in [1.29, 1.82) is 0 Å². The smallest absolute Gasteiger partial charge is 0.151 e. The third-order valence-corrected chi connectivity index (χ3v) is 3.98. The van der Waals surface area contributed by atoms with Crippen LogP contribution in [0.25, 0.3) is 0 Å². The number of hydrogen-bond acceptors (Lipinski definition) is 4. The lowest BCUT2D eigenvalue weighted by atomic mass is 9.94. The van der Waals surface area contributed by atoms with E-state index in [2.05, 4.69) is 44.5 Å². The van der Waals surface area contributed by atoms with Crippen molar-refractivity contribution >= 4 is 17.4 Å². The summed E-state index contributed by atoms with van der Waals surface area (Å²) in [5, 5.41) is 3.86. The molecule has 0 radical (unpaired) electrons. The van der Waals surface area contributed by atoms with Crippen LogP contribution in [0.3, 0.4) is 0 Å².